The molecule has 0 spiro atoms. The molecule has 4 aromatic rings. The molecular formula is C24H18ClF4N5O4. The summed E-state index contributed by atoms with van der Waals surface area (Å²) in [6.45, 7) is -1.08. The first-order valence-corrected chi connectivity index (χ1v) is 11.2. The van der Waals surface area contributed by atoms with Gasteiger partial charge in [0.25, 0.3) is 12.0 Å². The first-order valence-electron chi connectivity index (χ1n) is 10.8. The molecular weight excluding hydrogens is 534 g/mol. The molecule has 38 heavy (non-hydrogen) atoms. The molecule has 2 heterocycles. The third kappa shape index (κ3) is 5.63. The molecule has 1 atom stereocenters. The van der Waals surface area contributed by atoms with E-state index in [0.717, 1.165) is 36.5 Å². The Morgan fingerprint density at radius 3 is 2.45 bits per heavy atom. The molecule has 1 unspecified atom stereocenters. The van der Waals surface area contributed by atoms with Crippen molar-refractivity contribution >= 4 is 23.1 Å². The standard InChI is InChI=1S/C24H18ClF4N5O4/c25-20-18(7-8-31-21(20)30)38-17-6-3-13(9-16(17)27)32-22(35)15-10-33(11-19(28)29)24(37)34(23(15)36)14-4-1-12(26)2-5-14/h1-10,19,22,32,35H,11H2,(H2,30,31). The Morgan fingerprint density at radius 2 is 1.79 bits per heavy atom. The number of hydrogen-bond acceptors (Lipinski definition) is 7. The molecule has 0 amide bonds. The lowest BCUT2D eigenvalue weighted by Crippen LogP contribution is -2.42. The number of aromatic nitrogens is 3. The summed E-state index contributed by atoms with van der Waals surface area (Å²) in [5.74, 6) is -1.77. The Balaban J connectivity index is 1.66. The van der Waals surface area contributed by atoms with Crippen LogP contribution >= 0.6 is 11.6 Å². The zero-order valence-corrected chi connectivity index (χ0v) is 19.9. The van der Waals surface area contributed by atoms with Crippen LogP contribution in [0.5, 0.6) is 11.5 Å². The molecule has 0 radical (unpaired) electrons. The van der Waals surface area contributed by atoms with Gasteiger partial charge in [-0.1, -0.05) is 11.6 Å². The van der Waals surface area contributed by atoms with Gasteiger partial charge >= 0.3 is 5.69 Å². The molecule has 0 fully saturated rings. The molecule has 0 aliphatic rings. The van der Waals surface area contributed by atoms with Crippen LogP contribution in [0.4, 0.5) is 29.1 Å². The fraction of sp³-hybridized carbons (Fsp3) is 0.125. The van der Waals surface area contributed by atoms with E-state index in [9.17, 15) is 32.3 Å². The lowest BCUT2D eigenvalue weighted by molar-refractivity contribution is 0.123. The maximum Gasteiger partial charge on any atom is 0.335 e. The largest absolute Gasteiger partial charge is 0.453 e. The summed E-state index contributed by atoms with van der Waals surface area (Å²) in [5.41, 5.74) is 2.78. The van der Waals surface area contributed by atoms with Crippen molar-refractivity contribution in [3.8, 4) is 17.2 Å². The van der Waals surface area contributed by atoms with Crippen LogP contribution < -0.4 is 27.0 Å². The maximum absolute atomic E-state index is 14.7. The van der Waals surface area contributed by atoms with E-state index in [-0.39, 0.29) is 33.7 Å². The Hall–Kier alpha value is -4.36. The number of nitrogens with zero attached hydrogens (tertiary/aromatic N) is 3. The number of rotatable bonds is 8. The highest BCUT2D eigenvalue weighted by molar-refractivity contribution is 6.34. The number of halogens is 5. The average molecular weight is 552 g/mol. The summed E-state index contributed by atoms with van der Waals surface area (Å²) >= 11 is 6.00. The molecule has 4 N–H and O–H groups in total. The number of alkyl halides is 2. The Morgan fingerprint density at radius 1 is 1.08 bits per heavy atom. The SMILES string of the molecule is Nc1nccc(Oc2ccc(NC(O)c3cn(CC(F)F)c(=O)n(-c4ccc(F)cc4)c3=O)cc2F)c1Cl. The molecule has 2 aromatic carbocycles. The van der Waals surface area contributed by atoms with Crippen molar-refractivity contribution in [1.82, 2.24) is 14.1 Å². The van der Waals surface area contributed by atoms with E-state index in [4.69, 9.17) is 22.1 Å². The number of anilines is 2. The highest BCUT2D eigenvalue weighted by Crippen LogP contribution is 2.34. The lowest BCUT2D eigenvalue weighted by Gasteiger charge is -2.18. The van der Waals surface area contributed by atoms with E-state index in [1.54, 1.807) is 0 Å². The minimum Gasteiger partial charge on any atom is -0.453 e. The van der Waals surface area contributed by atoms with Gasteiger partial charge in [-0.3, -0.25) is 9.36 Å². The van der Waals surface area contributed by atoms with Crippen molar-refractivity contribution in [1.29, 1.82) is 0 Å². The predicted octanol–water partition coefficient (Wildman–Crippen LogP) is 4.07. The zero-order valence-electron chi connectivity index (χ0n) is 19.1. The van der Waals surface area contributed by atoms with Crippen molar-refractivity contribution in [3.63, 3.8) is 0 Å². The molecule has 0 bridgehead atoms. The fourth-order valence-corrected chi connectivity index (χ4v) is 3.61. The average Bonchev–Trinajstić information content (AvgIpc) is 2.86. The third-order valence-corrected chi connectivity index (χ3v) is 5.61. The minimum atomic E-state index is -2.96. The number of nitrogens with two attached hydrogens (primary N) is 1. The van der Waals surface area contributed by atoms with E-state index in [1.807, 2.05) is 0 Å². The van der Waals surface area contributed by atoms with Crippen LogP contribution in [0, 0.1) is 11.6 Å². The van der Waals surface area contributed by atoms with Gasteiger partial charge in [0.1, 0.15) is 16.7 Å². The summed E-state index contributed by atoms with van der Waals surface area (Å²) < 4.78 is 60.8. The molecule has 0 aliphatic carbocycles. The minimum absolute atomic E-state index is 0.0227. The van der Waals surface area contributed by atoms with Crippen molar-refractivity contribution in [3.05, 3.63) is 104 Å². The van der Waals surface area contributed by atoms with Gasteiger partial charge in [-0.05, 0) is 36.4 Å². The predicted molar refractivity (Wildman–Crippen MR) is 131 cm³/mol. The number of pyridine rings is 1. The first-order chi connectivity index (χ1) is 18.0. The number of hydrogen-bond donors (Lipinski definition) is 3. The van der Waals surface area contributed by atoms with Crippen LogP contribution in [-0.2, 0) is 6.54 Å². The molecule has 198 valence electrons. The lowest BCUT2D eigenvalue weighted by atomic mass is 10.2. The van der Waals surface area contributed by atoms with Gasteiger partial charge in [-0.2, -0.15) is 0 Å². The molecule has 9 nitrogen and oxygen atoms in total. The number of aliphatic hydroxyl groups is 1. The fourth-order valence-electron chi connectivity index (χ4n) is 3.46. The second kappa shape index (κ2) is 10.9. The first kappa shape index (κ1) is 26.7. The van der Waals surface area contributed by atoms with E-state index in [0.29, 0.717) is 9.13 Å². The van der Waals surface area contributed by atoms with Gasteiger partial charge in [0, 0.05) is 30.2 Å². The van der Waals surface area contributed by atoms with Crippen molar-refractivity contribution < 1.29 is 27.4 Å². The van der Waals surface area contributed by atoms with Crippen molar-refractivity contribution in [2.24, 2.45) is 0 Å². The summed E-state index contributed by atoms with van der Waals surface area (Å²) in [4.78, 5) is 29.6. The molecule has 14 heteroatoms. The summed E-state index contributed by atoms with van der Waals surface area (Å²) in [5, 5.41) is 13.1. The second-order valence-electron chi connectivity index (χ2n) is 7.83. The van der Waals surface area contributed by atoms with E-state index < -0.39 is 47.6 Å². The molecule has 4 rings (SSSR count). The van der Waals surface area contributed by atoms with E-state index in [2.05, 4.69) is 10.3 Å². The topological polar surface area (TPSA) is 124 Å². The Bertz CT molecular complexity index is 1590. The van der Waals surface area contributed by atoms with E-state index >= 15 is 0 Å². The highest BCUT2D eigenvalue weighted by atomic mass is 35.5. The highest BCUT2D eigenvalue weighted by Gasteiger charge is 2.21. The van der Waals surface area contributed by atoms with E-state index in [1.165, 1.54) is 24.4 Å². The van der Waals surface area contributed by atoms with Crippen LogP contribution in [-0.4, -0.2) is 25.7 Å². The summed E-state index contributed by atoms with van der Waals surface area (Å²) in [6, 6.07) is 8.95. The summed E-state index contributed by atoms with van der Waals surface area (Å²) in [6.07, 6.45) is -2.74. The van der Waals surface area contributed by atoms with Gasteiger partial charge in [-0.15, -0.1) is 0 Å². The molecule has 0 saturated carbocycles. The van der Waals surface area contributed by atoms with Gasteiger partial charge in [-0.25, -0.2) is 31.9 Å². The number of nitrogens with one attached hydrogen (secondary N) is 1. The Kier molecular flexibility index (Phi) is 7.69. The van der Waals surface area contributed by atoms with Gasteiger partial charge in [0.2, 0.25) is 0 Å². The van der Waals surface area contributed by atoms with Crippen molar-refractivity contribution in [2.45, 2.75) is 19.2 Å². The number of ether oxygens (including phenoxy) is 1. The Labute approximate surface area is 216 Å². The normalized spacial score (nSPS) is 12.0. The van der Waals surface area contributed by atoms with Crippen LogP contribution in [0.15, 0.2) is 70.5 Å². The number of aliphatic hydroxyl groups excluding tert-OH is 1. The maximum atomic E-state index is 14.7. The van der Waals surface area contributed by atoms with Gasteiger partial charge < -0.3 is 20.9 Å². The van der Waals surface area contributed by atoms with Crippen LogP contribution in [0.2, 0.25) is 5.02 Å². The van der Waals surface area contributed by atoms with Crippen LogP contribution in [0.25, 0.3) is 5.69 Å². The summed E-state index contributed by atoms with van der Waals surface area (Å²) in [7, 11) is 0. The quantitative estimate of drug-likeness (QED) is 0.223. The number of benzene rings is 2. The molecule has 0 aliphatic heterocycles. The van der Waals surface area contributed by atoms with Crippen LogP contribution in [0.3, 0.4) is 0 Å². The molecule has 2 aromatic heterocycles. The zero-order chi connectivity index (χ0) is 27.6. The number of nitrogen functional groups attached to an aromatic ring is 1. The van der Waals surface area contributed by atoms with Crippen molar-refractivity contribution in [2.75, 3.05) is 11.1 Å². The second-order valence-corrected chi connectivity index (χ2v) is 8.21. The van der Waals surface area contributed by atoms with Gasteiger partial charge in [0.05, 0.1) is 17.8 Å². The van der Waals surface area contributed by atoms with Crippen LogP contribution in [0.1, 0.15) is 11.8 Å². The third-order valence-electron chi connectivity index (χ3n) is 5.23. The van der Waals surface area contributed by atoms with Gasteiger partial charge in [0.15, 0.2) is 23.5 Å². The molecule has 0 saturated heterocycles. The smallest absolute Gasteiger partial charge is 0.335 e. The monoisotopic (exact) mass is 551 g/mol.